The standard InChI is InChI=1S/C14H19NO4/c1-14(2,3)19-13(18)10-15-9-5-4-6-11(15)7-8-12(16)17/h4-6,9H,7-8,10H2,1-3H3/p+1/i10D2. The third-order valence-electron chi connectivity index (χ3n) is 2.15. The Morgan fingerprint density at radius 3 is 2.68 bits per heavy atom. The van der Waals surface area contributed by atoms with Crippen molar-refractivity contribution >= 4 is 11.9 Å². The summed E-state index contributed by atoms with van der Waals surface area (Å²) in [5, 5.41) is 8.74. The number of carbonyl (C=O) groups is 2. The molecule has 5 nitrogen and oxygen atoms in total. The average Bonchev–Trinajstić information content (AvgIpc) is 2.34. The summed E-state index contributed by atoms with van der Waals surface area (Å²) in [5.74, 6) is -1.99. The number of rotatable bonds is 5. The van der Waals surface area contributed by atoms with Crippen LogP contribution in [0.1, 0.15) is 35.6 Å². The molecule has 0 saturated heterocycles. The second-order valence-corrected chi connectivity index (χ2v) is 5.07. The predicted octanol–water partition coefficient (Wildman–Crippen LogP) is 1.33. The van der Waals surface area contributed by atoms with Crippen LogP contribution in [0, 0.1) is 0 Å². The van der Waals surface area contributed by atoms with E-state index in [2.05, 4.69) is 0 Å². The molecule has 0 fully saturated rings. The Balaban J connectivity index is 3.07. The van der Waals surface area contributed by atoms with Crippen molar-refractivity contribution in [1.82, 2.24) is 0 Å². The zero-order valence-corrected chi connectivity index (χ0v) is 11.3. The fourth-order valence-corrected chi connectivity index (χ4v) is 1.43. The first kappa shape index (κ1) is 12.1. The third-order valence-corrected chi connectivity index (χ3v) is 2.15. The number of carbonyl (C=O) groups excluding carboxylic acids is 1. The molecule has 19 heavy (non-hydrogen) atoms. The maximum atomic E-state index is 12.0. The minimum absolute atomic E-state index is 0.123. The minimum Gasteiger partial charge on any atom is -0.481 e. The number of hydrogen-bond donors (Lipinski definition) is 1. The third kappa shape index (κ3) is 5.99. The summed E-state index contributed by atoms with van der Waals surface area (Å²) in [6.07, 6.45) is 1.38. The average molecular weight is 268 g/mol. The Hall–Kier alpha value is -1.91. The van der Waals surface area contributed by atoms with E-state index < -0.39 is 24.0 Å². The number of aliphatic carboxylic acids is 1. The largest absolute Gasteiger partial charge is 0.481 e. The molecule has 1 aromatic heterocycles. The number of carboxylic acids is 1. The molecule has 0 bridgehead atoms. The number of carboxylic acid groups (broad SMARTS) is 1. The van der Waals surface area contributed by atoms with E-state index in [1.54, 1.807) is 39.0 Å². The summed E-state index contributed by atoms with van der Waals surface area (Å²) in [6.45, 7) is 2.56. The number of esters is 1. The van der Waals surface area contributed by atoms with E-state index in [0.29, 0.717) is 5.69 Å². The highest BCUT2D eigenvalue weighted by atomic mass is 16.6. The van der Waals surface area contributed by atoms with Gasteiger partial charge in [-0.15, -0.1) is 0 Å². The first-order valence-corrected chi connectivity index (χ1v) is 5.99. The van der Waals surface area contributed by atoms with E-state index in [4.69, 9.17) is 12.6 Å². The van der Waals surface area contributed by atoms with Crippen LogP contribution in [0.4, 0.5) is 0 Å². The van der Waals surface area contributed by atoms with Gasteiger partial charge in [0.05, 0.1) is 6.42 Å². The summed E-state index contributed by atoms with van der Waals surface area (Å²) < 4.78 is 22.2. The fourth-order valence-electron chi connectivity index (χ4n) is 1.43. The van der Waals surface area contributed by atoms with Crippen LogP contribution in [-0.4, -0.2) is 22.6 Å². The lowest BCUT2D eigenvalue weighted by molar-refractivity contribution is -0.693. The summed E-state index contributed by atoms with van der Waals surface area (Å²) in [5.41, 5.74) is -0.392. The lowest BCUT2D eigenvalue weighted by atomic mass is 10.2. The number of hydrogen-bond acceptors (Lipinski definition) is 3. The molecule has 1 N–H and O–H groups in total. The number of nitrogens with zero attached hydrogens (tertiary/aromatic N) is 1. The zero-order chi connectivity index (χ0) is 16.3. The lowest BCUT2D eigenvalue weighted by Gasteiger charge is -2.18. The molecule has 0 amide bonds. The van der Waals surface area contributed by atoms with Crippen LogP contribution in [0.2, 0.25) is 0 Å². The number of aromatic nitrogens is 1. The molecular formula is C14H20NO4+. The molecule has 0 atom stereocenters. The first-order chi connectivity index (χ1) is 9.54. The van der Waals surface area contributed by atoms with Crippen LogP contribution in [-0.2, 0) is 27.2 Å². The van der Waals surface area contributed by atoms with Crippen LogP contribution in [0.15, 0.2) is 24.4 Å². The second kappa shape index (κ2) is 6.31. The molecule has 0 radical (unpaired) electrons. The van der Waals surface area contributed by atoms with Gasteiger partial charge in [-0.25, -0.2) is 4.79 Å². The van der Waals surface area contributed by atoms with Crippen molar-refractivity contribution in [3.63, 3.8) is 0 Å². The van der Waals surface area contributed by atoms with Crippen LogP contribution in [0.5, 0.6) is 0 Å². The van der Waals surface area contributed by atoms with E-state index in [0.717, 1.165) is 4.57 Å². The normalized spacial score (nSPS) is 13.4. The van der Waals surface area contributed by atoms with Crippen molar-refractivity contribution in [3.8, 4) is 0 Å². The molecular weight excluding hydrogens is 246 g/mol. The van der Waals surface area contributed by atoms with E-state index in [9.17, 15) is 9.59 Å². The summed E-state index contributed by atoms with van der Waals surface area (Å²) in [7, 11) is 0. The molecule has 0 aromatic carbocycles. The predicted molar refractivity (Wildman–Crippen MR) is 68.4 cm³/mol. The topological polar surface area (TPSA) is 67.5 Å². The van der Waals surface area contributed by atoms with Crippen LogP contribution in [0.25, 0.3) is 0 Å². The van der Waals surface area contributed by atoms with E-state index in [-0.39, 0.29) is 12.8 Å². The maximum absolute atomic E-state index is 12.0. The Morgan fingerprint density at radius 1 is 1.42 bits per heavy atom. The van der Waals surface area contributed by atoms with Crippen molar-refractivity contribution in [2.45, 2.75) is 45.7 Å². The van der Waals surface area contributed by atoms with Crippen molar-refractivity contribution in [1.29, 1.82) is 0 Å². The minimum atomic E-state index is -2.40. The quantitative estimate of drug-likeness (QED) is 0.646. The Labute approximate surface area is 115 Å². The number of ether oxygens (including phenoxy) is 1. The van der Waals surface area contributed by atoms with Gasteiger partial charge in [-0.1, -0.05) is 6.07 Å². The summed E-state index contributed by atoms with van der Waals surface area (Å²) in [6, 6.07) is 4.83. The van der Waals surface area contributed by atoms with Crippen molar-refractivity contribution in [2.75, 3.05) is 0 Å². The number of aryl methyl sites for hydroxylation is 1. The molecule has 1 rings (SSSR count). The van der Waals surface area contributed by atoms with E-state index >= 15 is 0 Å². The smallest absolute Gasteiger partial charge is 0.373 e. The molecule has 1 heterocycles. The molecule has 5 heteroatoms. The first-order valence-electron chi connectivity index (χ1n) is 6.99. The highest BCUT2D eigenvalue weighted by Gasteiger charge is 2.21. The van der Waals surface area contributed by atoms with Crippen molar-refractivity contribution in [2.24, 2.45) is 0 Å². The Kier molecular flexibility index (Phi) is 4.03. The van der Waals surface area contributed by atoms with E-state index in [1.165, 1.54) is 6.20 Å². The van der Waals surface area contributed by atoms with Gasteiger partial charge in [0.1, 0.15) is 8.34 Å². The lowest BCUT2D eigenvalue weighted by Crippen LogP contribution is -2.43. The van der Waals surface area contributed by atoms with Gasteiger partial charge in [0.15, 0.2) is 11.9 Å². The monoisotopic (exact) mass is 268 g/mol. The van der Waals surface area contributed by atoms with E-state index in [1.807, 2.05) is 0 Å². The Morgan fingerprint density at radius 2 is 2.11 bits per heavy atom. The SMILES string of the molecule is [2H]C([2H])(C(=O)OC(C)(C)C)[n+]1ccccc1CCC(=O)O. The molecule has 0 aliphatic rings. The molecule has 0 unspecified atom stereocenters. The van der Waals surface area contributed by atoms with Gasteiger partial charge >= 0.3 is 11.9 Å². The second-order valence-electron chi connectivity index (χ2n) is 5.07. The molecule has 104 valence electrons. The summed E-state index contributed by atoms with van der Waals surface area (Å²) >= 11 is 0. The molecule has 0 saturated carbocycles. The molecule has 1 aromatic rings. The van der Waals surface area contributed by atoms with Gasteiger partial charge in [0, 0.05) is 18.6 Å². The fraction of sp³-hybridized carbons (Fsp3) is 0.500. The van der Waals surface area contributed by atoms with Crippen LogP contribution in [0.3, 0.4) is 0 Å². The number of pyridine rings is 1. The van der Waals surface area contributed by atoms with Gasteiger partial charge in [0.2, 0.25) is 6.50 Å². The zero-order valence-electron chi connectivity index (χ0n) is 13.3. The molecule has 0 aliphatic heterocycles. The van der Waals surface area contributed by atoms with Gasteiger partial charge in [-0.3, -0.25) is 4.79 Å². The van der Waals surface area contributed by atoms with Crippen molar-refractivity contribution in [3.05, 3.63) is 30.1 Å². The van der Waals surface area contributed by atoms with Gasteiger partial charge < -0.3 is 9.84 Å². The maximum Gasteiger partial charge on any atom is 0.373 e. The van der Waals surface area contributed by atoms with Gasteiger partial charge in [-0.2, -0.15) is 4.57 Å². The highest BCUT2D eigenvalue weighted by Crippen LogP contribution is 2.07. The molecule has 0 aliphatic carbocycles. The molecule has 0 spiro atoms. The van der Waals surface area contributed by atoms with Crippen molar-refractivity contribution < 1.29 is 26.7 Å². The van der Waals surface area contributed by atoms with Crippen LogP contribution < -0.4 is 4.57 Å². The van der Waals surface area contributed by atoms with Crippen LogP contribution >= 0.6 is 0 Å². The van der Waals surface area contributed by atoms with Gasteiger partial charge in [0.25, 0.3) is 0 Å². The summed E-state index contributed by atoms with van der Waals surface area (Å²) in [4.78, 5) is 22.7. The van der Waals surface area contributed by atoms with Gasteiger partial charge in [-0.05, 0) is 20.8 Å². The Bertz CT molecular complexity index is 538. The highest BCUT2D eigenvalue weighted by molar-refractivity contribution is 5.68.